The predicted molar refractivity (Wildman–Crippen MR) is 62.1 cm³/mol. The summed E-state index contributed by atoms with van der Waals surface area (Å²) in [5, 5.41) is 10.9. The van der Waals surface area contributed by atoms with Gasteiger partial charge in [0.1, 0.15) is 6.04 Å². The number of ketones is 1. The van der Waals surface area contributed by atoms with Crippen molar-refractivity contribution in [2.24, 2.45) is 0 Å². The fourth-order valence-electron chi connectivity index (χ4n) is 1.41. The lowest BCUT2D eigenvalue weighted by Crippen LogP contribution is -2.45. The van der Waals surface area contributed by atoms with Crippen LogP contribution in [0.1, 0.15) is 5.56 Å². The minimum absolute atomic E-state index is 0.0983. The Bertz CT molecular complexity index is 443. The standard InChI is InChI=1S/C12H13NO5/c1-18-12(17)13-9(10(14)11(15)16)7-8-5-3-2-4-6-8/h2-6,9H,7H2,1H3,(H,13,17)(H,15,16)/t9-/m1/s1. The summed E-state index contributed by atoms with van der Waals surface area (Å²) in [6.07, 6.45) is -0.744. The maximum absolute atomic E-state index is 11.4. The maximum Gasteiger partial charge on any atom is 0.407 e. The summed E-state index contributed by atoms with van der Waals surface area (Å²) in [6, 6.07) is 7.65. The van der Waals surface area contributed by atoms with E-state index in [1.165, 1.54) is 0 Å². The molecule has 0 spiro atoms. The summed E-state index contributed by atoms with van der Waals surface area (Å²) < 4.78 is 4.35. The van der Waals surface area contributed by atoms with Gasteiger partial charge >= 0.3 is 12.1 Å². The third kappa shape index (κ3) is 3.89. The first-order valence-electron chi connectivity index (χ1n) is 5.20. The second-order valence-corrected chi connectivity index (χ2v) is 3.55. The zero-order valence-electron chi connectivity index (χ0n) is 9.75. The molecule has 18 heavy (non-hydrogen) atoms. The fraction of sp³-hybridized carbons (Fsp3) is 0.250. The van der Waals surface area contributed by atoms with Gasteiger partial charge in [-0.1, -0.05) is 30.3 Å². The van der Waals surface area contributed by atoms with Crippen LogP contribution in [-0.2, 0) is 20.7 Å². The molecule has 6 heteroatoms. The Morgan fingerprint density at radius 1 is 1.28 bits per heavy atom. The average molecular weight is 251 g/mol. The number of benzene rings is 1. The zero-order chi connectivity index (χ0) is 13.5. The molecule has 0 heterocycles. The fourth-order valence-corrected chi connectivity index (χ4v) is 1.41. The number of alkyl carbamates (subject to hydrolysis) is 1. The quantitative estimate of drug-likeness (QED) is 0.748. The van der Waals surface area contributed by atoms with E-state index in [1.54, 1.807) is 30.3 Å². The second kappa shape index (κ2) is 6.39. The van der Waals surface area contributed by atoms with Crippen molar-refractivity contribution in [1.29, 1.82) is 0 Å². The molecule has 0 fully saturated rings. The van der Waals surface area contributed by atoms with E-state index in [9.17, 15) is 14.4 Å². The molecular formula is C12H13NO5. The molecule has 2 N–H and O–H groups in total. The molecule has 0 aliphatic heterocycles. The van der Waals surface area contributed by atoms with Crippen molar-refractivity contribution in [3.63, 3.8) is 0 Å². The van der Waals surface area contributed by atoms with E-state index in [-0.39, 0.29) is 6.42 Å². The highest BCUT2D eigenvalue weighted by atomic mass is 16.5. The van der Waals surface area contributed by atoms with Crippen LogP contribution < -0.4 is 5.32 Å². The number of carboxylic acids is 1. The van der Waals surface area contributed by atoms with Crippen LogP contribution >= 0.6 is 0 Å². The van der Waals surface area contributed by atoms with Crippen molar-refractivity contribution in [1.82, 2.24) is 5.32 Å². The lowest BCUT2D eigenvalue weighted by Gasteiger charge is -2.14. The van der Waals surface area contributed by atoms with Crippen LogP contribution in [0.25, 0.3) is 0 Å². The molecule has 1 amide bonds. The molecule has 1 aromatic carbocycles. The van der Waals surface area contributed by atoms with E-state index in [2.05, 4.69) is 10.1 Å². The number of carboxylic acid groups (broad SMARTS) is 1. The zero-order valence-corrected chi connectivity index (χ0v) is 9.75. The van der Waals surface area contributed by atoms with Gasteiger partial charge in [0.15, 0.2) is 0 Å². The molecule has 0 saturated carbocycles. The highest BCUT2D eigenvalue weighted by Crippen LogP contribution is 2.04. The topological polar surface area (TPSA) is 92.7 Å². The summed E-state index contributed by atoms with van der Waals surface area (Å²) in [7, 11) is 1.14. The summed E-state index contributed by atoms with van der Waals surface area (Å²) in [5.41, 5.74) is 0.744. The van der Waals surface area contributed by atoms with E-state index in [0.29, 0.717) is 0 Å². The summed E-state index contributed by atoms with van der Waals surface area (Å²) in [6.45, 7) is 0. The molecule has 1 aromatic rings. The first-order valence-corrected chi connectivity index (χ1v) is 5.20. The van der Waals surface area contributed by atoms with Crippen LogP contribution in [0.15, 0.2) is 30.3 Å². The molecule has 0 aliphatic rings. The van der Waals surface area contributed by atoms with Gasteiger partial charge < -0.3 is 15.2 Å². The van der Waals surface area contributed by atoms with E-state index in [4.69, 9.17) is 5.11 Å². The summed E-state index contributed by atoms with van der Waals surface area (Å²) in [4.78, 5) is 33.1. The first kappa shape index (κ1) is 13.7. The van der Waals surface area contributed by atoms with Crippen molar-refractivity contribution in [3.8, 4) is 0 Å². The molecule has 96 valence electrons. The van der Waals surface area contributed by atoms with Crippen molar-refractivity contribution >= 4 is 17.8 Å². The summed E-state index contributed by atoms with van der Waals surface area (Å²) in [5.74, 6) is -2.67. The molecule has 0 bridgehead atoms. The van der Waals surface area contributed by atoms with Gasteiger partial charge in [-0.3, -0.25) is 4.79 Å². The number of rotatable bonds is 5. The number of hydrogen-bond donors (Lipinski definition) is 2. The SMILES string of the molecule is COC(=O)N[C@H](Cc1ccccc1)C(=O)C(=O)O. The molecule has 1 atom stereocenters. The maximum atomic E-state index is 11.4. The van der Waals surface area contributed by atoms with Crippen molar-refractivity contribution in [2.75, 3.05) is 7.11 Å². The van der Waals surface area contributed by atoms with Gasteiger partial charge in [-0.25, -0.2) is 9.59 Å². The number of methoxy groups -OCH3 is 1. The Morgan fingerprint density at radius 3 is 2.39 bits per heavy atom. The number of amides is 1. The molecule has 0 radical (unpaired) electrons. The minimum Gasteiger partial charge on any atom is -0.475 e. The number of nitrogens with one attached hydrogen (secondary N) is 1. The van der Waals surface area contributed by atoms with Gasteiger partial charge in [-0.15, -0.1) is 0 Å². The molecule has 0 saturated heterocycles. The highest BCUT2D eigenvalue weighted by Gasteiger charge is 2.26. The Balaban J connectivity index is 2.81. The third-order valence-corrected chi connectivity index (χ3v) is 2.29. The van der Waals surface area contributed by atoms with Crippen LogP contribution in [0.4, 0.5) is 4.79 Å². The monoisotopic (exact) mass is 251 g/mol. The van der Waals surface area contributed by atoms with E-state index in [1.807, 2.05) is 0 Å². The number of ether oxygens (including phenoxy) is 1. The number of carbonyl (C=O) groups is 3. The minimum atomic E-state index is -1.59. The highest BCUT2D eigenvalue weighted by molar-refractivity contribution is 6.35. The molecule has 0 unspecified atom stereocenters. The molecule has 6 nitrogen and oxygen atoms in total. The number of hydrogen-bond acceptors (Lipinski definition) is 4. The number of carbonyl (C=O) groups excluding carboxylic acids is 2. The van der Waals surface area contributed by atoms with Crippen LogP contribution in [0.3, 0.4) is 0 Å². The van der Waals surface area contributed by atoms with Crippen molar-refractivity contribution in [2.45, 2.75) is 12.5 Å². The van der Waals surface area contributed by atoms with E-state index < -0.39 is 23.9 Å². The molecule has 0 aliphatic carbocycles. The lowest BCUT2D eigenvalue weighted by atomic mass is 10.0. The molecule has 1 rings (SSSR count). The molecular weight excluding hydrogens is 238 g/mol. The van der Waals surface area contributed by atoms with E-state index in [0.717, 1.165) is 12.7 Å². The van der Waals surface area contributed by atoms with Crippen LogP contribution in [0.2, 0.25) is 0 Å². The first-order chi connectivity index (χ1) is 8.54. The normalized spacial score (nSPS) is 11.4. The second-order valence-electron chi connectivity index (χ2n) is 3.55. The predicted octanol–water partition coefficient (Wildman–Crippen LogP) is 0.607. The Labute approximate surface area is 104 Å². The smallest absolute Gasteiger partial charge is 0.407 e. The third-order valence-electron chi connectivity index (χ3n) is 2.29. The summed E-state index contributed by atoms with van der Waals surface area (Å²) >= 11 is 0. The lowest BCUT2D eigenvalue weighted by molar-refractivity contribution is -0.150. The van der Waals surface area contributed by atoms with E-state index >= 15 is 0 Å². The number of aliphatic carboxylic acids is 1. The number of Topliss-reactive ketones (excluding diaryl/α,β-unsaturated/α-hetero) is 1. The van der Waals surface area contributed by atoms with Gasteiger partial charge in [0.25, 0.3) is 5.78 Å². The molecule has 0 aromatic heterocycles. The van der Waals surface area contributed by atoms with Gasteiger partial charge in [0.2, 0.25) is 0 Å². The van der Waals surface area contributed by atoms with Crippen LogP contribution in [-0.4, -0.2) is 36.1 Å². The van der Waals surface area contributed by atoms with Gasteiger partial charge in [0, 0.05) is 6.42 Å². The largest absolute Gasteiger partial charge is 0.475 e. The van der Waals surface area contributed by atoms with Crippen molar-refractivity contribution < 1.29 is 24.2 Å². The van der Waals surface area contributed by atoms with Crippen molar-refractivity contribution in [3.05, 3.63) is 35.9 Å². The Morgan fingerprint density at radius 2 is 1.89 bits per heavy atom. The van der Waals surface area contributed by atoms with Crippen LogP contribution in [0.5, 0.6) is 0 Å². The van der Waals surface area contributed by atoms with Gasteiger partial charge in [-0.2, -0.15) is 0 Å². The van der Waals surface area contributed by atoms with Gasteiger partial charge in [-0.05, 0) is 5.56 Å². The Kier molecular flexibility index (Phi) is 4.86. The Hall–Kier alpha value is -2.37. The average Bonchev–Trinajstić information content (AvgIpc) is 2.38. The van der Waals surface area contributed by atoms with Crippen LogP contribution in [0, 0.1) is 0 Å². The van der Waals surface area contributed by atoms with Gasteiger partial charge in [0.05, 0.1) is 7.11 Å².